The van der Waals surface area contributed by atoms with E-state index in [0.29, 0.717) is 0 Å². The monoisotopic (exact) mass is 256 g/mol. The van der Waals surface area contributed by atoms with Crippen molar-refractivity contribution in [3.8, 4) is 0 Å². The van der Waals surface area contributed by atoms with Crippen LogP contribution in [0.2, 0.25) is 0 Å². The predicted molar refractivity (Wildman–Crippen MR) is 56.7 cm³/mol. The Balaban J connectivity index is 2.37. The predicted octanol–water partition coefficient (Wildman–Crippen LogP) is -1.02. The maximum Gasteiger partial charge on any atom is 0.353 e. The fourth-order valence-electron chi connectivity index (χ4n) is 2.15. The lowest BCUT2D eigenvalue weighted by Crippen LogP contribution is -2.67. The fraction of sp³-hybridized carbons (Fsp3) is 0.500. The van der Waals surface area contributed by atoms with Crippen molar-refractivity contribution in [1.29, 1.82) is 0 Å². The van der Waals surface area contributed by atoms with Crippen LogP contribution in [0.4, 0.5) is 0 Å². The van der Waals surface area contributed by atoms with Crippen molar-refractivity contribution >= 4 is 18.1 Å². The van der Waals surface area contributed by atoms with Gasteiger partial charge in [0.15, 0.2) is 6.23 Å². The molecule has 0 aromatic carbocycles. The number of nitrogens with zero attached hydrogens (tertiary/aromatic N) is 2. The third-order valence-electron chi connectivity index (χ3n) is 2.97. The van der Waals surface area contributed by atoms with Gasteiger partial charge in [-0.2, -0.15) is 0 Å². The zero-order valence-corrected chi connectivity index (χ0v) is 9.48. The average Bonchev–Trinajstić information content (AvgIpc) is 2.28. The molecule has 98 valence electrons. The first kappa shape index (κ1) is 12.5. The molecule has 0 spiro atoms. The molecule has 18 heavy (non-hydrogen) atoms. The Labute approximate surface area is 102 Å². The first-order chi connectivity index (χ1) is 8.49. The van der Waals surface area contributed by atoms with E-state index in [0.717, 1.165) is 11.1 Å². The van der Waals surface area contributed by atoms with Crippen LogP contribution in [0.3, 0.4) is 0 Å². The average molecular weight is 256 g/mol. The molecule has 2 aliphatic rings. The second-order valence-electron chi connectivity index (χ2n) is 4.10. The summed E-state index contributed by atoms with van der Waals surface area (Å²) in [6.45, 7) is 1.35. The van der Waals surface area contributed by atoms with Crippen LogP contribution in [0.1, 0.15) is 6.92 Å². The smallest absolute Gasteiger partial charge is 0.353 e. The molecular formula is C10H12N2O6. The highest BCUT2D eigenvalue weighted by Crippen LogP contribution is 2.38. The van der Waals surface area contributed by atoms with Gasteiger partial charge < -0.3 is 20.2 Å². The first-order valence-corrected chi connectivity index (χ1v) is 5.25. The SMILES string of the molecule is C[C@@H](O)[C@H]1C(=O)N2C(C(=O)O)=C(C=NO)CO[C@H]12. The minimum atomic E-state index is -1.31. The zero-order valence-electron chi connectivity index (χ0n) is 9.48. The van der Waals surface area contributed by atoms with Crippen molar-refractivity contribution in [2.24, 2.45) is 11.1 Å². The number of carboxylic acids is 1. The van der Waals surface area contributed by atoms with Gasteiger partial charge in [0, 0.05) is 5.57 Å². The van der Waals surface area contributed by atoms with Crippen LogP contribution < -0.4 is 0 Å². The summed E-state index contributed by atoms with van der Waals surface area (Å²) in [5.41, 5.74) is -0.176. The summed E-state index contributed by atoms with van der Waals surface area (Å²) in [7, 11) is 0. The van der Waals surface area contributed by atoms with Crippen LogP contribution in [0.15, 0.2) is 16.4 Å². The highest BCUT2D eigenvalue weighted by molar-refractivity contribution is 6.02. The van der Waals surface area contributed by atoms with Gasteiger partial charge in [-0.05, 0) is 6.92 Å². The molecule has 0 saturated carbocycles. The van der Waals surface area contributed by atoms with E-state index >= 15 is 0 Å². The maximum absolute atomic E-state index is 11.8. The van der Waals surface area contributed by atoms with Crippen molar-refractivity contribution in [3.05, 3.63) is 11.3 Å². The van der Waals surface area contributed by atoms with Gasteiger partial charge in [0.1, 0.15) is 11.6 Å². The normalized spacial score (nSPS) is 29.2. The summed E-state index contributed by atoms with van der Waals surface area (Å²) in [4.78, 5) is 23.9. The summed E-state index contributed by atoms with van der Waals surface area (Å²) in [5, 5.41) is 29.7. The van der Waals surface area contributed by atoms with E-state index < -0.39 is 30.1 Å². The van der Waals surface area contributed by atoms with Crippen molar-refractivity contribution in [2.45, 2.75) is 19.3 Å². The number of hydrogen-bond acceptors (Lipinski definition) is 6. The van der Waals surface area contributed by atoms with Crippen molar-refractivity contribution in [1.82, 2.24) is 4.90 Å². The van der Waals surface area contributed by atoms with Gasteiger partial charge in [-0.3, -0.25) is 9.69 Å². The van der Waals surface area contributed by atoms with Crippen LogP contribution in [-0.4, -0.2) is 57.4 Å². The molecule has 0 bridgehead atoms. The van der Waals surface area contributed by atoms with Gasteiger partial charge in [0.25, 0.3) is 0 Å². The second kappa shape index (κ2) is 4.39. The van der Waals surface area contributed by atoms with Crippen LogP contribution in [0.25, 0.3) is 0 Å². The Morgan fingerprint density at radius 2 is 2.33 bits per heavy atom. The number of β-lactam (4-membered cyclic amide) rings is 1. The number of amides is 1. The number of rotatable bonds is 3. The topological polar surface area (TPSA) is 120 Å². The van der Waals surface area contributed by atoms with Crippen LogP contribution in [0.5, 0.6) is 0 Å². The number of fused-ring (bicyclic) bond motifs is 1. The zero-order chi connectivity index (χ0) is 13.4. The van der Waals surface area contributed by atoms with Crippen LogP contribution in [-0.2, 0) is 14.3 Å². The summed E-state index contributed by atoms with van der Waals surface area (Å²) in [6.07, 6.45) is -0.774. The number of carbonyl (C=O) groups excluding carboxylic acids is 1. The summed E-state index contributed by atoms with van der Waals surface area (Å²) >= 11 is 0. The summed E-state index contributed by atoms with van der Waals surface area (Å²) in [5.74, 6) is -2.58. The molecule has 2 rings (SSSR count). The quantitative estimate of drug-likeness (QED) is 0.257. The van der Waals surface area contributed by atoms with Crippen molar-refractivity contribution < 1.29 is 29.7 Å². The molecule has 0 aliphatic carbocycles. The first-order valence-electron chi connectivity index (χ1n) is 5.25. The number of carbonyl (C=O) groups is 2. The summed E-state index contributed by atoms with van der Waals surface area (Å²) in [6, 6.07) is 0. The number of ether oxygens (including phenoxy) is 1. The molecule has 0 aromatic heterocycles. The van der Waals surface area contributed by atoms with E-state index in [9.17, 15) is 14.7 Å². The number of aliphatic carboxylic acids is 1. The molecule has 0 unspecified atom stereocenters. The third-order valence-corrected chi connectivity index (χ3v) is 2.97. The van der Waals surface area contributed by atoms with E-state index in [4.69, 9.17) is 15.1 Å². The van der Waals surface area contributed by atoms with Crippen molar-refractivity contribution in [2.75, 3.05) is 6.61 Å². The van der Waals surface area contributed by atoms with Gasteiger partial charge in [0.2, 0.25) is 5.91 Å². The van der Waals surface area contributed by atoms with Gasteiger partial charge in [-0.1, -0.05) is 5.16 Å². The van der Waals surface area contributed by atoms with Crippen LogP contribution >= 0.6 is 0 Å². The molecule has 8 heteroatoms. The van der Waals surface area contributed by atoms with Crippen molar-refractivity contribution in [3.63, 3.8) is 0 Å². The molecule has 8 nitrogen and oxygen atoms in total. The van der Waals surface area contributed by atoms with Gasteiger partial charge in [-0.25, -0.2) is 4.79 Å². The molecule has 3 N–H and O–H groups in total. The molecule has 0 aromatic rings. The van der Waals surface area contributed by atoms with Gasteiger partial charge in [-0.15, -0.1) is 0 Å². The van der Waals surface area contributed by atoms with Gasteiger partial charge in [0.05, 0.1) is 18.9 Å². The number of oxime groups is 1. The minimum Gasteiger partial charge on any atom is -0.477 e. The highest BCUT2D eigenvalue weighted by Gasteiger charge is 2.55. The Morgan fingerprint density at radius 1 is 1.67 bits per heavy atom. The molecule has 1 fully saturated rings. The number of aliphatic hydroxyl groups excluding tert-OH is 1. The molecule has 2 heterocycles. The Bertz CT molecular complexity index is 455. The molecular weight excluding hydrogens is 244 g/mol. The summed E-state index contributed by atoms with van der Waals surface area (Å²) < 4.78 is 5.29. The molecule has 2 aliphatic heterocycles. The Morgan fingerprint density at radius 3 is 2.83 bits per heavy atom. The number of aliphatic hydroxyl groups is 1. The van der Waals surface area contributed by atoms with Crippen LogP contribution in [0, 0.1) is 5.92 Å². The Hall–Kier alpha value is -1.93. The van der Waals surface area contributed by atoms with Gasteiger partial charge >= 0.3 is 5.97 Å². The third kappa shape index (κ3) is 1.66. The lowest BCUT2D eigenvalue weighted by molar-refractivity contribution is -0.203. The fourth-order valence-corrected chi connectivity index (χ4v) is 2.15. The molecule has 1 amide bonds. The highest BCUT2D eigenvalue weighted by atomic mass is 16.5. The standard InChI is InChI=1S/C10H12N2O6/c1-4(13)6-8(14)12-7(10(15)16)5(2-11-17)3-18-9(6)12/h2,4,6,9,13,17H,3H2,1H3,(H,15,16)/t4-,6+,9-/m1/s1. The van der Waals surface area contributed by atoms with E-state index in [1.807, 2.05) is 0 Å². The minimum absolute atomic E-state index is 0.0939. The Kier molecular flexibility index (Phi) is 3.05. The van der Waals surface area contributed by atoms with E-state index in [1.54, 1.807) is 0 Å². The number of carboxylic acid groups (broad SMARTS) is 1. The molecule has 0 radical (unpaired) electrons. The maximum atomic E-state index is 11.8. The largest absolute Gasteiger partial charge is 0.477 e. The number of hydrogen-bond donors (Lipinski definition) is 3. The second-order valence-corrected chi connectivity index (χ2v) is 4.10. The molecule has 3 atom stereocenters. The van der Waals surface area contributed by atoms with E-state index in [2.05, 4.69) is 5.16 Å². The van der Waals surface area contributed by atoms with E-state index in [1.165, 1.54) is 6.92 Å². The lowest BCUT2D eigenvalue weighted by atomic mass is 9.88. The molecule has 1 saturated heterocycles. The lowest BCUT2D eigenvalue weighted by Gasteiger charge is -2.50. The van der Waals surface area contributed by atoms with E-state index in [-0.39, 0.29) is 17.9 Å².